The van der Waals surface area contributed by atoms with E-state index in [1.807, 2.05) is 24.3 Å². The molecule has 5 nitrogen and oxygen atoms in total. The molecule has 2 N–H and O–H groups in total. The molecule has 0 bridgehead atoms. The van der Waals surface area contributed by atoms with E-state index >= 15 is 0 Å². The van der Waals surface area contributed by atoms with Gasteiger partial charge in [0.15, 0.2) is 5.82 Å². The van der Waals surface area contributed by atoms with Crippen LogP contribution in [0.1, 0.15) is 5.69 Å². The van der Waals surface area contributed by atoms with Crippen LogP contribution in [0, 0.1) is 3.57 Å². The summed E-state index contributed by atoms with van der Waals surface area (Å²) in [5, 5.41) is 0. The Kier molecular flexibility index (Phi) is 4.54. The van der Waals surface area contributed by atoms with E-state index in [0.717, 1.165) is 20.6 Å². The Morgan fingerprint density at radius 3 is 2.74 bits per heavy atom. The van der Waals surface area contributed by atoms with Crippen molar-refractivity contribution in [2.45, 2.75) is 6.61 Å². The largest absolute Gasteiger partial charge is 0.497 e. The van der Waals surface area contributed by atoms with Crippen LogP contribution >= 0.6 is 22.6 Å². The Balaban J connectivity index is 2.49. The molecule has 1 aromatic heterocycles. The molecule has 0 radical (unpaired) electrons. The van der Waals surface area contributed by atoms with Crippen LogP contribution in [-0.4, -0.2) is 24.2 Å². The molecule has 19 heavy (non-hydrogen) atoms. The molecule has 2 aromatic rings. The molecule has 0 aliphatic heterocycles. The maximum absolute atomic E-state index is 5.91. The van der Waals surface area contributed by atoms with E-state index in [-0.39, 0.29) is 0 Å². The van der Waals surface area contributed by atoms with E-state index in [2.05, 4.69) is 32.6 Å². The Morgan fingerprint density at radius 2 is 2.05 bits per heavy atom. The number of benzene rings is 1. The molecule has 0 unspecified atom stereocenters. The number of nitrogens with two attached hydrogens (primary N) is 1. The first kappa shape index (κ1) is 14.0. The second-order valence-corrected chi connectivity index (χ2v) is 4.94. The average Bonchev–Trinajstić information content (AvgIpc) is 2.44. The van der Waals surface area contributed by atoms with E-state index in [9.17, 15) is 0 Å². The van der Waals surface area contributed by atoms with Crippen LogP contribution in [0.3, 0.4) is 0 Å². The highest BCUT2D eigenvalue weighted by molar-refractivity contribution is 14.1. The number of methoxy groups -OCH3 is 2. The first-order valence-corrected chi connectivity index (χ1v) is 6.69. The maximum atomic E-state index is 5.91. The number of ether oxygens (including phenoxy) is 2. The predicted molar refractivity (Wildman–Crippen MR) is 81.9 cm³/mol. The predicted octanol–water partition coefficient (Wildman–Crippen LogP) is 2.49. The van der Waals surface area contributed by atoms with Gasteiger partial charge in [-0.25, -0.2) is 9.97 Å². The summed E-state index contributed by atoms with van der Waals surface area (Å²) < 4.78 is 11.1. The van der Waals surface area contributed by atoms with Crippen LogP contribution in [0.4, 0.5) is 5.82 Å². The minimum atomic E-state index is 0.405. The van der Waals surface area contributed by atoms with Gasteiger partial charge in [-0.3, -0.25) is 0 Å². The van der Waals surface area contributed by atoms with Crippen molar-refractivity contribution >= 4 is 28.4 Å². The molecule has 0 saturated carbocycles. The van der Waals surface area contributed by atoms with Crippen LogP contribution < -0.4 is 10.5 Å². The minimum absolute atomic E-state index is 0.405. The minimum Gasteiger partial charge on any atom is -0.497 e. The molecule has 0 spiro atoms. The summed E-state index contributed by atoms with van der Waals surface area (Å²) in [5.74, 6) is 1.79. The number of hydrogen-bond acceptors (Lipinski definition) is 5. The molecule has 1 aromatic carbocycles. The van der Waals surface area contributed by atoms with E-state index in [4.69, 9.17) is 15.2 Å². The van der Waals surface area contributed by atoms with Crippen LogP contribution in [-0.2, 0) is 11.3 Å². The molecule has 1 heterocycles. The summed E-state index contributed by atoms with van der Waals surface area (Å²) in [6.45, 7) is 0.405. The maximum Gasteiger partial charge on any atom is 0.162 e. The van der Waals surface area contributed by atoms with Crippen molar-refractivity contribution in [3.63, 3.8) is 0 Å². The normalized spacial score (nSPS) is 10.5. The summed E-state index contributed by atoms with van der Waals surface area (Å²) in [4.78, 5) is 8.80. The second kappa shape index (κ2) is 6.16. The number of anilines is 1. The van der Waals surface area contributed by atoms with Gasteiger partial charge in [0, 0.05) is 12.7 Å². The Labute approximate surface area is 125 Å². The zero-order chi connectivity index (χ0) is 13.8. The Hall–Kier alpha value is -1.41. The molecule has 0 fully saturated rings. The molecular formula is C13H14IN3O2. The molecule has 0 saturated heterocycles. The molecule has 2 rings (SSSR count). The van der Waals surface area contributed by atoms with Gasteiger partial charge in [-0.2, -0.15) is 0 Å². The van der Waals surface area contributed by atoms with Crippen molar-refractivity contribution in [1.29, 1.82) is 0 Å². The highest BCUT2D eigenvalue weighted by atomic mass is 127. The van der Waals surface area contributed by atoms with Crippen LogP contribution in [0.5, 0.6) is 5.75 Å². The lowest BCUT2D eigenvalue weighted by Crippen LogP contribution is -2.06. The van der Waals surface area contributed by atoms with Crippen molar-refractivity contribution < 1.29 is 9.47 Å². The van der Waals surface area contributed by atoms with Gasteiger partial charge < -0.3 is 15.2 Å². The van der Waals surface area contributed by atoms with Crippen LogP contribution in [0.2, 0.25) is 0 Å². The number of rotatable bonds is 4. The molecule has 100 valence electrons. The van der Waals surface area contributed by atoms with Gasteiger partial charge in [0.25, 0.3) is 0 Å². The topological polar surface area (TPSA) is 70.3 Å². The Bertz CT molecular complexity index is 590. The summed E-state index contributed by atoms with van der Waals surface area (Å²) in [6, 6.07) is 7.55. The fraction of sp³-hybridized carbons (Fsp3) is 0.231. The van der Waals surface area contributed by atoms with Crippen molar-refractivity contribution in [3.8, 4) is 17.1 Å². The number of halogens is 1. The molecule has 0 aliphatic carbocycles. The summed E-state index contributed by atoms with van der Waals surface area (Å²) >= 11 is 2.12. The van der Waals surface area contributed by atoms with Crippen LogP contribution in [0.25, 0.3) is 11.4 Å². The number of hydrogen-bond donors (Lipinski definition) is 1. The third kappa shape index (κ3) is 3.13. The summed E-state index contributed by atoms with van der Waals surface area (Å²) in [7, 11) is 3.25. The van der Waals surface area contributed by atoms with Crippen molar-refractivity contribution in [3.05, 3.63) is 33.5 Å². The van der Waals surface area contributed by atoms with Gasteiger partial charge in [0.2, 0.25) is 0 Å². The van der Waals surface area contributed by atoms with Gasteiger partial charge in [-0.1, -0.05) is 12.1 Å². The highest BCUT2D eigenvalue weighted by Crippen LogP contribution is 2.25. The van der Waals surface area contributed by atoms with Gasteiger partial charge in [0.05, 0.1) is 23.0 Å². The summed E-state index contributed by atoms with van der Waals surface area (Å²) in [5.41, 5.74) is 7.56. The van der Waals surface area contributed by atoms with Crippen molar-refractivity contribution in [2.75, 3.05) is 20.0 Å². The molecule has 6 heteroatoms. The van der Waals surface area contributed by atoms with Crippen molar-refractivity contribution in [1.82, 2.24) is 9.97 Å². The lowest BCUT2D eigenvalue weighted by molar-refractivity contribution is 0.181. The van der Waals surface area contributed by atoms with E-state index in [1.54, 1.807) is 14.2 Å². The molecular weight excluding hydrogens is 357 g/mol. The lowest BCUT2D eigenvalue weighted by Gasteiger charge is -2.09. The standard InChI is InChI=1S/C13H14IN3O2/c1-18-7-10-11(14)12(15)17-13(16-10)8-4-3-5-9(6-8)19-2/h3-6H,7H2,1-2H3,(H2,15,16,17). The number of aromatic nitrogens is 2. The van der Waals surface area contributed by atoms with Gasteiger partial charge in [-0.05, 0) is 34.7 Å². The molecule has 0 aliphatic rings. The first-order valence-electron chi connectivity index (χ1n) is 5.61. The van der Waals surface area contributed by atoms with Gasteiger partial charge >= 0.3 is 0 Å². The number of nitrogen functional groups attached to an aromatic ring is 1. The first-order chi connectivity index (χ1) is 9.15. The zero-order valence-corrected chi connectivity index (χ0v) is 12.8. The van der Waals surface area contributed by atoms with Crippen LogP contribution in [0.15, 0.2) is 24.3 Å². The third-order valence-corrected chi connectivity index (χ3v) is 3.73. The second-order valence-electron chi connectivity index (χ2n) is 3.86. The van der Waals surface area contributed by atoms with E-state index in [1.165, 1.54) is 0 Å². The SMILES string of the molecule is COCc1nc(-c2cccc(OC)c2)nc(N)c1I. The fourth-order valence-corrected chi connectivity index (χ4v) is 2.03. The van der Waals surface area contributed by atoms with Gasteiger partial charge in [0.1, 0.15) is 11.6 Å². The third-order valence-electron chi connectivity index (χ3n) is 2.55. The number of nitrogens with zero attached hydrogens (tertiary/aromatic N) is 2. The lowest BCUT2D eigenvalue weighted by atomic mass is 10.2. The van der Waals surface area contributed by atoms with E-state index in [0.29, 0.717) is 18.2 Å². The van der Waals surface area contributed by atoms with Gasteiger partial charge in [-0.15, -0.1) is 0 Å². The average molecular weight is 371 g/mol. The fourth-order valence-electron chi connectivity index (χ4n) is 1.64. The van der Waals surface area contributed by atoms with E-state index < -0.39 is 0 Å². The molecule has 0 atom stereocenters. The quantitative estimate of drug-likeness (QED) is 0.837. The van der Waals surface area contributed by atoms with Crippen molar-refractivity contribution in [2.24, 2.45) is 0 Å². The molecule has 0 amide bonds. The summed E-state index contributed by atoms with van der Waals surface area (Å²) in [6.07, 6.45) is 0. The Morgan fingerprint density at radius 1 is 1.26 bits per heavy atom. The zero-order valence-electron chi connectivity index (χ0n) is 10.7. The monoisotopic (exact) mass is 371 g/mol. The highest BCUT2D eigenvalue weighted by Gasteiger charge is 2.11. The smallest absolute Gasteiger partial charge is 0.162 e.